The molecule has 1 amide bonds. The molecule has 2 aliphatic heterocycles. The van der Waals surface area contributed by atoms with Gasteiger partial charge in [0.2, 0.25) is 5.95 Å². The number of aromatic nitrogens is 1. The van der Waals surface area contributed by atoms with Crippen molar-refractivity contribution >= 4 is 17.4 Å². The van der Waals surface area contributed by atoms with Crippen molar-refractivity contribution in [3.8, 4) is 22.3 Å². The van der Waals surface area contributed by atoms with Crippen molar-refractivity contribution in [2.75, 3.05) is 30.4 Å². The standard InChI is InChI=1S/C26H26F2N4O/c1-15-4-3-11-32(15)18-6-8-20(23(27)13-18)22-14-21(25(29-2)31-24(22)28)16-5-7-19-17(12-16)9-10-30-26(19)33/h5-8,12-15H,3-4,9-11H2,1-2H3,(H,29,31)(H,30,33)/t15-/m1/s1. The fourth-order valence-corrected chi connectivity index (χ4v) is 4.90. The number of amides is 1. The third-order valence-electron chi connectivity index (χ3n) is 6.68. The molecular formula is C26H26F2N4O. The van der Waals surface area contributed by atoms with Crippen molar-refractivity contribution in [2.24, 2.45) is 0 Å². The number of pyridine rings is 1. The SMILES string of the molecule is CNc1nc(F)c(-c2ccc(N3CCC[C@H]3C)cc2F)cc1-c1ccc2c(c1)CCNC2=O. The number of hydrogen-bond acceptors (Lipinski definition) is 4. The summed E-state index contributed by atoms with van der Waals surface area (Å²) in [7, 11) is 1.67. The third-order valence-corrected chi connectivity index (χ3v) is 6.68. The molecule has 1 aromatic heterocycles. The minimum Gasteiger partial charge on any atom is -0.373 e. The van der Waals surface area contributed by atoms with Gasteiger partial charge in [0.1, 0.15) is 11.6 Å². The van der Waals surface area contributed by atoms with E-state index in [0.29, 0.717) is 29.5 Å². The summed E-state index contributed by atoms with van der Waals surface area (Å²) in [5.74, 6) is -0.942. The van der Waals surface area contributed by atoms with Gasteiger partial charge in [-0.15, -0.1) is 0 Å². The van der Waals surface area contributed by atoms with E-state index in [0.717, 1.165) is 42.6 Å². The second kappa shape index (κ2) is 8.46. The second-order valence-corrected chi connectivity index (χ2v) is 8.70. The van der Waals surface area contributed by atoms with E-state index in [4.69, 9.17) is 0 Å². The molecule has 2 N–H and O–H groups in total. The van der Waals surface area contributed by atoms with Crippen molar-refractivity contribution in [2.45, 2.75) is 32.2 Å². The van der Waals surface area contributed by atoms with Crippen LogP contribution in [0.4, 0.5) is 20.3 Å². The van der Waals surface area contributed by atoms with Gasteiger partial charge in [-0.3, -0.25) is 4.79 Å². The summed E-state index contributed by atoms with van der Waals surface area (Å²) in [6, 6.07) is 12.5. The maximum Gasteiger partial charge on any atom is 0.251 e. The van der Waals surface area contributed by atoms with E-state index >= 15 is 8.78 Å². The minimum atomic E-state index is -0.735. The Morgan fingerprint density at radius 3 is 2.61 bits per heavy atom. The molecule has 5 nitrogen and oxygen atoms in total. The number of anilines is 2. The Morgan fingerprint density at radius 1 is 1.06 bits per heavy atom. The largest absolute Gasteiger partial charge is 0.373 e. The van der Waals surface area contributed by atoms with Gasteiger partial charge < -0.3 is 15.5 Å². The van der Waals surface area contributed by atoms with Gasteiger partial charge in [0.15, 0.2) is 0 Å². The van der Waals surface area contributed by atoms with Crippen LogP contribution < -0.4 is 15.5 Å². The average molecular weight is 449 g/mol. The smallest absolute Gasteiger partial charge is 0.251 e. The number of carbonyl (C=O) groups is 1. The summed E-state index contributed by atoms with van der Waals surface area (Å²) >= 11 is 0. The van der Waals surface area contributed by atoms with E-state index < -0.39 is 11.8 Å². The molecule has 5 rings (SSSR count). The average Bonchev–Trinajstić information content (AvgIpc) is 3.25. The van der Waals surface area contributed by atoms with Gasteiger partial charge in [-0.05, 0) is 67.6 Å². The monoisotopic (exact) mass is 448 g/mol. The number of fused-ring (bicyclic) bond motifs is 1. The minimum absolute atomic E-state index is 0.0935. The zero-order chi connectivity index (χ0) is 23.1. The fourth-order valence-electron chi connectivity index (χ4n) is 4.90. The van der Waals surface area contributed by atoms with Crippen LogP contribution in [0, 0.1) is 11.8 Å². The highest BCUT2D eigenvalue weighted by Crippen LogP contribution is 2.36. The maximum absolute atomic E-state index is 15.2. The van der Waals surface area contributed by atoms with Gasteiger partial charge in [-0.2, -0.15) is 4.39 Å². The van der Waals surface area contributed by atoms with Crippen LogP contribution in [0.2, 0.25) is 0 Å². The first-order valence-corrected chi connectivity index (χ1v) is 11.3. The third kappa shape index (κ3) is 3.81. The van der Waals surface area contributed by atoms with Gasteiger partial charge in [0.25, 0.3) is 5.91 Å². The Hall–Kier alpha value is -3.48. The van der Waals surface area contributed by atoms with E-state index in [-0.39, 0.29) is 17.0 Å². The zero-order valence-electron chi connectivity index (χ0n) is 18.7. The molecule has 33 heavy (non-hydrogen) atoms. The molecule has 7 heteroatoms. The summed E-state index contributed by atoms with van der Waals surface area (Å²) in [6.07, 6.45) is 2.88. The van der Waals surface area contributed by atoms with Gasteiger partial charge in [-0.25, -0.2) is 9.37 Å². The molecule has 0 radical (unpaired) electrons. The molecule has 170 valence electrons. The summed E-state index contributed by atoms with van der Waals surface area (Å²) < 4.78 is 30.2. The predicted octanol–water partition coefficient (Wildman–Crippen LogP) is 5.01. The van der Waals surface area contributed by atoms with Crippen LogP contribution in [0.1, 0.15) is 35.7 Å². The Balaban J connectivity index is 1.58. The summed E-state index contributed by atoms with van der Waals surface area (Å²) in [4.78, 5) is 18.4. The molecule has 3 heterocycles. The van der Waals surface area contributed by atoms with Crippen LogP contribution in [0.15, 0.2) is 42.5 Å². The first-order chi connectivity index (χ1) is 16.0. The lowest BCUT2D eigenvalue weighted by Crippen LogP contribution is -2.31. The van der Waals surface area contributed by atoms with Gasteiger partial charge in [-0.1, -0.05) is 12.1 Å². The molecule has 0 bridgehead atoms. The van der Waals surface area contributed by atoms with E-state index in [1.54, 1.807) is 25.2 Å². The maximum atomic E-state index is 15.2. The molecule has 3 aromatic rings. The van der Waals surface area contributed by atoms with E-state index in [2.05, 4.69) is 27.4 Å². The normalized spacial score (nSPS) is 17.6. The Bertz CT molecular complexity index is 1240. The number of carbonyl (C=O) groups excluding carboxylic acids is 1. The molecule has 0 spiro atoms. The number of hydrogen-bond donors (Lipinski definition) is 2. The number of halogens is 2. The first-order valence-electron chi connectivity index (χ1n) is 11.3. The lowest BCUT2D eigenvalue weighted by atomic mass is 9.94. The number of rotatable bonds is 4. The van der Waals surface area contributed by atoms with Crippen LogP contribution in [0.3, 0.4) is 0 Å². The Labute approximate surface area is 191 Å². The van der Waals surface area contributed by atoms with Crippen LogP contribution in [-0.4, -0.2) is 37.1 Å². The molecule has 2 aliphatic rings. The van der Waals surface area contributed by atoms with Crippen LogP contribution in [0.5, 0.6) is 0 Å². The van der Waals surface area contributed by atoms with Gasteiger partial charge in [0, 0.05) is 54.1 Å². The van der Waals surface area contributed by atoms with Crippen molar-refractivity contribution in [3.05, 3.63) is 65.4 Å². The van der Waals surface area contributed by atoms with E-state index in [1.165, 1.54) is 6.07 Å². The van der Waals surface area contributed by atoms with Crippen LogP contribution >= 0.6 is 0 Å². The molecule has 2 aromatic carbocycles. The number of nitrogens with one attached hydrogen (secondary N) is 2. The highest BCUT2D eigenvalue weighted by Gasteiger charge is 2.23. The van der Waals surface area contributed by atoms with Gasteiger partial charge >= 0.3 is 0 Å². The lowest BCUT2D eigenvalue weighted by Gasteiger charge is -2.24. The molecule has 0 saturated carbocycles. The second-order valence-electron chi connectivity index (χ2n) is 8.70. The van der Waals surface area contributed by atoms with E-state index in [1.807, 2.05) is 18.2 Å². The Kier molecular flexibility index (Phi) is 5.48. The lowest BCUT2D eigenvalue weighted by molar-refractivity contribution is 0.0946. The molecule has 1 saturated heterocycles. The van der Waals surface area contributed by atoms with E-state index in [9.17, 15) is 4.79 Å². The summed E-state index contributed by atoms with van der Waals surface area (Å²) in [5.41, 5.74) is 4.12. The molecule has 1 fully saturated rings. The highest BCUT2D eigenvalue weighted by molar-refractivity contribution is 5.97. The quantitative estimate of drug-likeness (QED) is 0.551. The van der Waals surface area contributed by atoms with Crippen molar-refractivity contribution < 1.29 is 13.6 Å². The van der Waals surface area contributed by atoms with Gasteiger partial charge in [0.05, 0.1) is 0 Å². The number of nitrogens with zero attached hydrogens (tertiary/aromatic N) is 2. The first kappa shape index (κ1) is 21.4. The molecular weight excluding hydrogens is 422 g/mol. The van der Waals surface area contributed by atoms with Crippen LogP contribution in [0.25, 0.3) is 22.3 Å². The Morgan fingerprint density at radius 2 is 1.88 bits per heavy atom. The van der Waals surface area contributed by atoms with Crippen molar-refractivity contribution in [1.82, 2.24) is 10.3 Å². The fraction of sp³-hybridized carbons (Fsp3) is 0.308. The topological polar surface area (TPSA) is 57.3 Å². The highest BCUT2D eigenvalue weighted by atomic mass is 19.1. The molecule has 0 aliphatic carbocycles. The summed E-state index contributed by atoms with van der Waals surface area (Å²) in [6.45, 7) is 3.61. The van der Waals surface area contributed by atoms with Crippen molar-refractivity contribution in [3.63, 3.8) is 0 Å². The zero-order valence-corrected chi connectivity index (χ0v) is 18.7. The molecule has 1 atom stereocenters. The van der Waals surface area contributed by atoms with Crippen molar-refractivity contribution in [1.29, 1.82) is 0 Å². The summed E-state index contributed by atoms with van der Waals surface area (Å²) in [5, 5.41) is 5.77. The number of benzene rings is 2. The van der Waals surface area contributed by atoms with Crippen LogP contribution in [-0.2, 0) is 6.42 Å². The molecule has 0 unspecified atom stereocenters. The predicted molar refractivity (Wildman–Crippen MR) is 127 cm³/mol.